The number of nitrogens with one attached hydrogen (secondary N) is 1. The highest BCUT2D eigenvalue weighted by molar-refractivity contribution is 5.78. The van der Waals surface area contributed by atoms with Crippen LogP contribution in [0.3, 0.4) is 0 Å². The number of halogens is 1. The number of carbonyl (C=O) groups excluding carboxylic acids is 1. The number of carbonyl (C=O) groups is 1. The third kappa shape index (κ3) is 4.82. The number of benzene rings is 1. The largest absolute Gasteiger partial charge is 0.492 e. The van der Waals surface area contributed by atoms with Crippen LogP contribution in [0.1, 0.15) is 6.92 Å². The number of hydrogen-bond acceptors (Lipinski definition) is 3. The Kier molecular flexibility index (Phi) is 5.42. The van der Waals surface area contributed by atoms with Gasteiger partial charge < -0.3 is 15.8 Å². The Morgan fingerprint density at radius 1 is 1.59 bits per heavy atom. The van der Waals surface area contributed by atoms with Crippen molar-refractivity contribution in [2.45, 2.75) is 6.92 Å². The maximum absolute atomic E-state index is 12.8. The van der Waals surface area contributed by atoms with E-state index in [1.807, 2.05) is 0 Å². The summed E-state index contributed by atoms with van der Waals surface area (Å²) in [5.74, 6) is -0.200. The standard InChI is InChI=1S/C12H17FN2O2/c1-9(8-14)12(16)15-5-6-17-11-4-2-3-10(13)7-11/h2-4,7,9H,5-6,8,14H2,1H3,(H,15,16). The molecule has 0 bridgehead atoms. The minimum atomic E-state index is -0.344. The van der Waals surface area contributed by atoms with Crippen LogP contribution in [-0.4, -0.2) is 25.6 Å². The van der Waals surface area contributed by atoms with Gasteiger partial charge in [0.1, 0.15) is 18.2 Å². The SMILES string of the molecule is CC(CN)C(=O)NCCOc1cccc(F)c1. The number of hydrogen-bond donors (Lipinski definition) is 2. The summed E-state index contributed by atoms with van der Waals surface area (Å²) in [6.45, 7) is 2.74. The Bertz CT molecular complexity index is 371. The van der Waals surface area contributed by atoms with Gasteiger partial charge in [0.15, 0.2) is 0 Å². The van der Waals surface area contributed by atoms with E-state index >= 15 is 0 Å². The lowest BCUT2D eigenvalue weighted by Crippen LogP contribution is -2.35. The van der Waals surface area contributed by atoms with E-state index in [1.54, 1.807) is 19.1 Å². The van der Waals surface area contributed by atoms with E-state index in [0.717, 1.165) is 0 Å². The molecular weight excluding hydrogens is 223 g/mol. The minimum absolute atomic E-state index is 0.102. The molecule has 1 aromatic rings. The van der Waals surface area contributed by atoms with Crippen molar-refractivity contribution in [1.29, 1.82) is 0 Å². The quantitative estimate of drug-likeness (QED) is 0.727. The molecule has 1 unspecified atom stereocenters. The Morgan fingerprint density at radius 3 is 3.00 bits per heavy atom. The van der Waals surface area contributed by atoms with Crippen molar-refractivity contribution >= 4 is 5.91 Å². The van der Waals surface area contributed by atoms with Crippen LogP contribution >= 0.6 is 0 Å². The molecule has 0 aromatic heterocycles. The lowest BCUT2D eigenvalue weighted by molar-refractivity contribution is -0.124. The molecule has 1 aromatic carbocycles. The second kappa shape index (κ2) is 6.85. The highest BCUT2D eigenvalue weighted by Gasteiger charge is 2.09. The zero-order valence-corrected chi connectivity index (χ0v) is 9.78. The van der Waals surface area contributed by atoms with Crippen LogP contribution in [0.5, 0.6) is 5.75 Å². The van der Waals surface area contributed by atoms with Crippen molar-refractivity contribution in [2.24, 2.45) is 11.7 Å². The van der Waals surface area contributed by atoms with Gasteiger partial charge in [-0.15, -0.1) is 0 Å². The Morgan fingerprint density at radius 2 is 2.35 bits per heavy atom. The Balaban J connectivity index is 2.22. The summed E-state index contributed by atoms with van der Waals surface area (Å²) < 4.78 is 18.1. The van der Waals surface area contributed by atoms with Gasteiger partial charge >= 0.3 is 0 Å². The summed E-state index contributed by atoms with van der Waals surface area (Å²) >= 11 is 0. The monoisotopic (exact) mass is 240 g/mol. The maximum Gasteiger partial charge on any atom is 0.224 e. The lowest BCUT2D eigenvalue weighted by atomic mass is 10.2. The molecule has 1 amide bonds. The molecule has 0 fully saturated rings. The fourth-order valence-electron chi connectivity index (χ4n) is 1.18. The minimum Gasteiger partial charge on any atom is -0.492 e. The average molecular weight is 240 g/mol. The number of rotatable bonds is 6. The molecule has 4 nitrogen and oxygen atoms in total. The summed E-state index contributed by atoms with van der Waals surface area (Å²) in [5, 5.41) is 2.68. The molecule has 0 heterocycles. The highest BCUT2D eigenvalue weighted by atomic mass is 19.1. The molecule has 0 aliphatic carbocycles. The van der Waals surface area contributed by atoms with Crippen LogP contribution < -0.4 is 15.8 Å². The van der Waals surface area contributed by atoms with Gasteiger partial charge in [0.25, 0.3) is 0 Å². The molecule has 0 aliphatic rings. The van der Waals surface area contributed by atoms with Crippen LogP contribution in [0, 0.1) is 11.7 Å². The molecule has 0 aliphatic heterocycles. The maximum atomic E-state index is 12.8. The summed E-state index contributed by atoms with van der Waals surface area (Å²) in [6.07, 6.45) is 0. The van der Waals surface area contributed by atoms with Crippen LogP contribution in [0.2, 0.25) is 0 Å². The molecule has 1 rings (SSSR count). The fourth-order valence-corrected chi connectivity index (χ4v) is 1.18. The van der Waals surface area contributed by atoms with E-state index in [1.165, 1.54) is 12.1 Å². The Labute approximate surface area is 100.0 Å². The van der Waals surface area contributed by atoms with E-state index in [-0.39, 0.29) is 17.6 Å². The molecular formula is C12H17FN2O2. The lowest BCUT2D eigenvalue weighted by Gasteiger charge is -2.10. The normalized spacial score (nSPS) is 11.9. The predicted octanol–water partition coefficient (Wildman–Crippen LogP) is 0.916. The second-order valence-corrected chi connectivity index (χ2v) is 3.73. The van der Waals surface area contributed by atoms with E-state index in [2.05, 4.69) is 5.32 Å². The molecule has 0 saturated heterocycles. The Hall–Kier alpha value is -1.62. The first-order valence-electron chi connectivity index (χ1n) is 5.49. The third-order valence-corrected chi connectivity index (χ3v) is 2.27. The molecule has 94 valence electrons. The predicted molar refractivity (Wildman–Crippen MR) is 63.1 cm³/mol. The second-order valence-electron chi connectivity index (χ2n) is 3.73. The van der Waals surface area contributed by atoms with E-state index in [0.29, 0.717) is 25.4 Å². The van der Waals surface area contributed by atoms with Crippen molar-refractivity contribution in [1.82, 2.24) is 5.32 Å². The summed E-state index contributed by atoms with van der Waals surface area (Å²) in [6, 6.07) is 5.87. The topological polar surface area (TPSA) is 64.4 Å². The molecule has 0 saturated carbocycles. The van der Waals surface area contributed by atoms with Crippen molar-refractivity contribution in [3.8, 4) is 5.75 Å². The molecule has 1 atom stereocenters. The van der Waals surface area contributed by atoms with E-state index in [4.69, 9.17) is 10.5 Å². The van der Waals surface area contributed by atoms with Gasteiger partial charge in [0.2, 0.25) is 5.91 Å². The highest BCUT2D eigenvalue weighted by Crippen LogP contribution is 2.11. The van der Waals surface area contributed by atoms with Crippen molar-refractivity contribution in [3.63, 3.8) is 0 Å². The van der Waals surface area contributed by atoms with Gasteiger partial charge in [-0.05, 0) is 12.1 Å². The molecule has 5 heteroatoms. The van der Waals surface area contributed by atoms with Crippen LogP contribution in [0.15, 0.2) is 24.3 Å². The summed E-state index contributed by atoms with van der Waals surface area (Å²) in [7, 11) is 0. The fraction of sp³-hybridized carbons (Fsp3) is 0.417. The number of nitrogens with two attached hydrogens (primary N) is 1. The number of ether oxygens (including phenoxy) is 1. The van der Waals surface area contributed by atoms with E-state index < -0.39 is 0 Å². The third-order valence-electron chi connectivity index (χ3n) is 2.27. The smallest absolute Gasteiger partial charge is 0.224 e. The first-order chi connectivity index (χ1) is 8.13. The molecule has 0 spiro atoms. The van der Waals surface area contributed by atoms with Gasteiger partial charge in [0.05, 0.1) is 6.54 Å². The first kappa shape index (κ1) is 13.4. The molecule has 3 N–H and O–H groups in total. The van der Waals surface area contributed by atoms with Crippen LogP contribution in [0.4, 0.5) is 4.39 Å². The number of amides is 1. The first-order valence-corrected chi connectivity index (χ1v) is 5.49. The van der Waals surface area contributed by atoms with Gasteiger partial charge in [-0.2, -0.15) is 0 Å². The van der Waals surface area contributed by atoms with Crippen molar-refractivity contribution in [3.05, 3.63) is 30.1 Å². The van der Waals surface area contributed by atoms with Crippen LogP contribution in [-0.2, 0) is 4.79 Å². The van der Waals surface area contributed by atoms with E-state index in [9.17, 15) is 9.18 Å². The van der Waals surface area contributed by atoms with Crippen molar-refractivity contribution < 1.29 is 13.9 Å². The summed E-state index contributed by atoms with van der Waals surface area (Å²) in [5.41, 5.74) is 5.35. The summed E-state index contributed by atoms with van der Waals surface area (Å²) in [4.78, 5) is 11.3. The molecule has 0 radical (unpaired) electrons. The average Bonchev–Trinajstić information content (AvgIpc) is 2.33. The van der Waals surface area contributed by atoms with Gasteiger partial charge in [-0.3, -0.25) is 4.79 Å². The van der Waals surface area contributed by atoms with Gasteiger partial charge in [-0.1, -0.05) is 13.0 Å². The van der Waals surface area contributed by atoms with Crippen molar-refractivity contribution in [2.75, 3.05) is 19.7 Å². The van der Waals surface area contributed by atoms with Crippen LogP contribution in [0.25, 0.3) is 0 Å². The zero-order chi connectivity index (χ0) is 12.7. The zero-order valence-electron chi connectivity index (χ0n) is 9.78. The van der Waals surface area contributed by atoms with Gasteiger partial charge in [-0.25, -0.2) is 4.39 Å². The molecule has 17 heavy (non-hydrogen) atoms. The van der Waals surface area contributed by atoms with Gasteiger partial charge in [0, 0.05) is 18.5 Å².